The zero-order chi connectivity index (χ0) is 10.3. The molecular weight excluding hydrogens is 188 g/mol. The third-order valence-electron chi connectivity index (χ3n) is 2.88. The Morgan fingerprint density at radius 3 is 3.27 bits per heavy atom. The van der Waals surface area contributed by atoms with E-state index in [1.165, 1.54) is 11.3 Å². The fourth-order valence-electron chi connectivity index (χ4n) is 2.08. The highest BCUT2D eigenvalue weighted by atomic mass is 16.5. The molecule has 1 aromatic heterocycles. The van der Waals surface area contributed by atoms with E-state index in [0.717, 1.165) is 29.9 Å². The lowest BCUT2D eigenvalue weighted by molar-refractivity contribution is 0.431. The number of hydrogen-bond acceptors (Lipinski definition) is 3. The normalized spacial score (nSPS) is 12.9. The van der Waals surface area contributed by atoms with Crippen molar-refractivity contribution >= 4 is 5.69 Å². The summed E-state index contributed by atoms with van der Waals surface area (Å²) < 4.78 is 5.29. The van der Waals surface area contributed by atoms with Crippen molar-refractivity contribution in [3.63, 3.8) is 0 Å². The summed E-state index contributed by atoms with van der Waals surface area (Å²) in [5, 5.41) is 7.27. The van der Waals surface area contributed by atoms with Crippen molar-refractivity contribution < 1.29 is 4.52 Å². The smallest absolute Gasteiger partial charge is 0.173 e. The summed E-state index contributed by atoms with van der Waals surface area (Å²) in [6, 6.07) is 6.29. The average molecular weight is 200 g/mol. The van der Waals surface area contributed by atoms with Crippen LogP contribution in [-0.2, 0) is 13.0 Å². The molecule has 0 amide bonds. The van der Waals surface area contributed by atoms with Crippen LogP contribution in [0.1, 0.15) is 18.1 Å². The highest BCUT2D eigenvalue weighted by Gasteiger charge is 2.20. The van der Waals surface area contributed by atoms with Gasteiger partial charge in [0.1, 0.15) is 0 Å². The number of nitrogens with zero attached hydrogens (tertiary/aromatic N) is 1. The molecule has 15 heavy (non-hydrogen) atoms. The maximum atomic E-state index is 5.29. The van der Waals surface area contributed by atoms with Crippen LogP contribution >= 0.6 is 0 Å². The van der Waals surface area contributed by atoms with Crippen LogP contribution in [-0.4, -0.2) is 5.16 Å². The number of nitrogens with one attached hydrogen (secondary N) is 1. The predicted octanol–water partition coefficient (Wildman–Crippen LogP) is 2.83. The summed E-state index contributed by atoms with van der Waals surface area (Å²) in [6.07, 6.45) is 2.81. The van der Waals surface area contributed by atoms with Gasteiger partial charge in [-0.1, -0.05) is 24.2 Å². The zero-order valence-corrected chi connectivity index (χ0v) is 8.58. The van der Waals surface area contributed by atoms with Gasteiger partial charge in [0.05, 0.1) is 6.20 Å². The van der Waals surface area contributed by atoms with E-state index in [9.17, 15) is 0 Å². The Morgan fingerprint density at radius 2 is 2.40 bits per heavy atom. The molecule has 0 bridgehead atoms. The SMILES string of the molecule is CCc1cccc2c1NCc1cnoc1-2. The fraction of sp³-hybridized carbons (Fsp3) is 0.250. The van der Waals surface area contributed by atoms with E-state index in [4.69, 9.17) is 4.52 Å². The molecule has 3 nitrogen and oxygen atoms in total. The zero-order valence-electron chi connectivity index (χ0n) is 8.58. The van der Waals surface area contributed by atoms with Gasteiger partial charge >= 0.3 is 0 Å². The monoisotopic (exact) mass is 200 g/mol. The van der Waals surface area contributed by atoms with Crippen molar-refractivity contribution in [2.24, 2.45) is 0 Å². The van der Waals surface area contributed by atoms with Crippen molar-refractivity contribution in [1.29, 1.82) is 0 Å². The van der Waals surface area contributed by atoms with Crippen LogP contribution in [0.2, 0.25) is 0 Å². The number of aromatic nitrogens is 1. The first-order valence-corrected chi connectivity index (χ1v) is 5.20. The van der Waals surface area contributed by atoms with Crippen LogP contribution in [0.15, 0.2) is 28.9 Å². The molecule has 1 aromatic carbocycles. The minimum absolute atomic E-state index is 0.808. The number of rotatable bonds is 1. The van der Waals surface area contributed by atoms with Crippen molar-refractivity contribution in [3.05, 3.63) is 35.5 Å². The summed E-state index contributed by atoms with van der Waals surface area (Å²) in [5.74, 6) is 0.916. The molecule has 0 radical (unpaired) electrons. The molecule has 3 heteroatoms. The Hall–Kier alpha value is -1.77. The molecule has 3 rings (SSSR count). The first kappa shape index (κ1) is 8.53. The lowest BCUT2D eigenvalue weighted by Crippen LogP contribution is -2.08. The molecule has 2 heterocycles. The minimum atomic E-state index is 0.808. The third-order valence-corrected chi connectivity index (χ3v) is 2.88. The van der Waals surface area contributed by atoms with Crippen molar-refractivity contribution in [2.45, 2.75) is 19.9 Å². The van der Waals surface area contributed by atoms with E-state index in [0.29, 0.717) is 0 Å². The van der Waals surface area contributed by atoms with Crippen LogP contribution in [0.5, 0.6) is 0 Å². The van der Waals surface area contributed by atoms with E-state index in [1.54, 1.807) is 6.20 Å². The Kier molecular flexibility index (Phi) is 1.78. The quantitative estimate of drug-likeness (QED) is 0.769. The van der Waals surface area contributed by atoms with Crippen LogP contribution in [0, 0.1) is 0 Å². The summed E-state index contributed by atoms with van der Waals surface area (Å²) in [5.41, 5.74) is 4.79. The van der Waals surface area contributed by atoms with E-state index in [-0.39, 0.29) is 0 Å². The van der Waals surface area contributed by atoms with Crippen LogP contribution in [0.3, 0.4) is 0 Å². The van der Waals surface area contributed by atoms with Gasteiger partial charge in [0.2, 0.25) is 0 Å². The molecule has 0 atom stereocenters. The molecule has 76 valence electrons. The predicted molar refractivity (Wildman–Crippen MR) is 58.6 cm³/mol. The first-order valence-electron chi connectivity index (χ1n) is 5.20. The summed E-state index contributed by atoms with van der Waals surface area (Å²) in [4.78, 5) is 0. The average Bonchev–Trinajstić information content (AvgIpc) is 2.76. The minimum Gasteiger partial charge on any atom is -0.380 e. The van der Waals surface area contributed by atoms with E-state index >= 15 is 0 Å². The van der Waals surface area contributed by atoms with Crippen molar-refractivity contribution in [2.75, 3.05) is 5.32 Å². The highest BCUT2D eigenvalue weighted by Crippen LogP contribution is 2.37. The van der Waals surface area contributed by atoms with Crippen LogP contribution in [0.25, 0.3) is 11.3 Å². The number of hydrogen-bond donors (Lipinski definition) is 1. The molecule has 0 fully saturated rings. The lowest BCUT2D eigenvalue weighted by Gasteiger charge is -2.19. The van der Waals surface area contributed by atoms with Gasteiger partial charge in [0, 0.05) is 23.4 Å². The molecule has 1 aliphatic heterocycles. The summed E-state index contributed by atoms with van der Waals surface area (Å²) in [7, 11) is 0. The standard InChI is InChI=1S/C12H12N2O/c1-2-8-4-3-5-10-11(8)13-6-9-7-14-15-12(9)10/h3-5,7,13H,2,6H2,1H3. The Labute approximate surface area is 88.1 Å². The molecule has 1 aliphatic rings. The molecule has 2 aromatic rings. The van der Waals surface area contributed by atoms with Gasteiger partial charge in [-0.05, 0) is 18.1 Å². The Morgan fingerprint density at radius 1 is 1.47 bits per heavy atom. The largest absolute Gasteiger partial charge is 0.380 e. The highest BCUT2D eigenvalue weighted by molar-refractivity contribution is 5.81. The Balaban J connectivity index is 2.25. The molecule has 0 saturated heterocycles. The lowest BCUT2D eigenvalue weighted by atomic mass is 9.98. The second-order valence-corrected chi connectivity index (χ2v) is 3.73. The van der Waals surface area contributed by atoms with E-state index < -0.39 is 0 Å². The Bertz CT molecular complexity index is 502. The van der Waals surface area contributed by atoms with Gasteiger partial charge in [-0.25, -0.2) is 0 Å². The molecule has 0 unspecified atom stereocenters. The number of anilines is 1. The fourth-order valence-corrected chi connectivity index (χ4v) is 2.08. The molecule has 1 N–H and O–H groups in total. The van der Waals surface area contributed by atoms with E-state index in [2.05, 4.69) is 35.6 Å². The van der Waals surface area contributed by atoms with Gasteiger partial charge in [-0.3, -0.25) is 0 Å². The number of aryl methyl sites for hydroxylation is 1. The van der Waals surface area contributed by atoms with Gasteiger partial charge < -0.3 is 9.84 Å². The summed E-state index contributed by atoms with van der Waals surface area (Å²) >= 11 is 0. The van der Waals surface area contributed by atoms with Crippen LogP contribution < -0.4 is 5.32 Å². The van der Waals surface area contributed by atoms with E-state index in [1.807, 2.05) is 0 Å². The number of fused-ring (bicyclic) bond motifs is 3. The number of para-hydroxylation sites is 1. The number of benzene rings is 1. The molecule has 0 aliphatic carbocycles. The van der Waals surface area contributed by atoms with Gasteiger partial charge in [0.15, 0.2) is 5.76 Å². The maximum absolute atomic E-state index is 5.29. The first-order chi connectivity index (χ1) is 7.40. The van der Waals surface area contributed by atoms with Gasteiger partial charge in [0.25, 0.3) is 0 Å². The maximum Gasteiger partial charge on any atom is 0.173 e. The van der Waals surface area contributed by atoms with Crippen LogP contribution in [0.4, 0.5) is 5.69 Å². The second-order valence-electron chi connectivity index (χ2n) is 3.73. The molecular formula is C12H12N2O. The molecule has 0 spiro atoms. The summed E-state index contributed by atoms with van der Waals surface area (Å²) in [6.45, 7) is 2.97. The third kappa shape index (κ3) is 1.16. The van der Waals surface area contributed by atoms with Gasteiger partial charge in [-0.2, -0.15) is 0 Å². The molecule has 0 saturated carbocycles. The van der Waals surface area contributed by atoms with Crippen molar-refractivity contribution in [1.82, 2.24) is 5.16 Å². The van der Waals surface area contributed by atoms with Gasteiger partial charge in [-0.15, -0.1) is 0 Å². The second kappa shape index (κ2) is 3.12. The van der Waals surface area contributed by atoms with Crippen molar-refractivity contribution in [3.8, 4) is 11.3 Å². The topological polar surface area (TPSA) is 38.1 Å².